The zero-order valence-corrected chi connectivity index (χ0v) is 11.7. The molecule has 0 aliphatic heterocycles. The molecule has 9 heteroatoms. The van der Waals surface area contributed by atoms with Gasteiger partial charge in [-0.1, -0.05) is 6.08 Å². The number of methoxy groups -OCH3 is 1. The molecule has 1 aromatic rings. The minimum Gasteiger partial charge on any atom is -0.467 e. The second-order valence-corrected chi connectivity index (χ2v) is 4.32. The first kappa shape index (κ1) is 18.7. The van der Waals surface area contributed by atoms with Gasteiger partial charge in [-0.2, -0.15) is 26.3 Å². The average Bonchev–Trinajstić information content (AvgIpc) is 2.45. The summed E-state index contributed by atoms with van der Waals surface area (Å²) in [6, 6.07) is -0.238. The van der Waals surface area contributed by atoms with Gasteiger partial charge in [0.1, 0.15) is 0 Å². The third-order valence-corrected chi connectivity index (χ3v) is 2.66. The number of halogens is 6. The number of carbonyl (C=O) groups is 1. The van der Waals surface area contributed by atoms with E-state index in [1.54, 1.807) is 0 Å². The number of esters is 1. The van der Waals surface area contributed by atoms with E-state index in [-0.39, 0.29) is 6.07 Å². The molecule has 23 heavy (non-hydrogen) atoms. The largest absolute Gasteiger partial charge is 0.467 e. The molecule has 0 aromatic heterocycles. The standard InChI is InChI=1S/C14H11F6NO2/c1-3-11(12(22)23-2)21-7-8-4-9(13(15,16)17)6-10(5-8)14(18,19)20/h3-7,11H,1H2,2H3/b21-7+. The maximum atomic E-state index is 12.7. The summed E-state index contributed by atoms with van der Waals surface area (Å²) in [7, 11) is 1.06. The van der Waals surface area contributed by atoms with E-state index < -0.39 is 41.1 Å². The normalized spacial score (nSPS) is 13.9. The molecule has 0 saturated heterocycles. The monoisotopic (exact) mass is 339 g/mol. The first-order valence-electron chi connectivity index (χ1n) is 6.02. The average molecular weight is 339 g/mol. The van der Waals surface area contributed by atoms with Crippen LogP contribution in [0.2, 0.25) is 0 Å². The van der Waals surface area contributed by atoms with Crippen LogP contribution in [0, 0.1) is 0 Å². The van der Waals surface area contributed by atoms with Crippen LogP contribution in [0.1, 0.15) is 16.7 Å². The molecular formula is C14H11F6NO2. The van der Waals surface area contributed by atoms with Crippen molar-refractivity contribution in [3.05, 3.63) is 47.5 Å². The molecule has 0 spiro atoms. The van der Waals surface area contributed by atoms with Crippen LogP contribution in [0.5, 0.6) is 0 Å². The number of hydrogen-bond acceptors (Lipinski definition) is 3. The van der Waals surface area contributed by atoms with Crippen LogP contribution in [-0.4, -0.2) is 25.3 Å². The smallest absolute Gasteiger partial charge is 0.416 e. The molecule has 126 valence electrons. The Kier molecular flexibility index (Phi) is 5.57. The summed E-state index contributed by atoms with van der Waals surface area (Å²) in [6.07, 6.45) is -8.14. The lowest BCUT2D eigenvalue weighted by Gasteiger charge is -2.13. The van der Waals surface area contributed by atoms with Crippen molar-refractivity contribution >= 4 is 12.2 Å². The van der Waals surface area contributed by atoms with Gasteiger partial charge in [0.15, 0.2) is 6.04 Å². The lowest BCUT2D eigenvalue weighted by Crippen LogP contribution is -2.17. The summed E-state index contributed by atoms with van der Waals surface area (Å²) in [5, 5.41) is 0. The van der Waals surface area contributed by atoms with Crippen molar-refractivity contribution in [1.29, 1.82) is 0 Å². The molecular weight excluding hydrogens is 328 g/mol. The number of ether oxygens (including phenoxy) is 1. The van der Waals surface area contributed by atoms with Crippen LogP contribution in [-0.2, 0) is 21.9 Å². The summed E-state index contributed by atoms with van der Waals surface area (Å²) in [4.78, 5) is 14.8. The van der Waals surface area contributed by atoms with Gasteiger partial charge in [0.2, 0.25) is 0 Å². The fraction of sp³-hybridized carbons (Fsp3) is 0.286. The van der Waals surface area contributed by atoms with Crippen molar-refractivity contribution < 1.29 is 35.9 Å². The third kappa shape index (κ3) is 5.11. The van der Waals surface area contributed by atoms with Crippen LogP contribution >= 0.6 is 0 Å². The molecule has 1 aromatic carbocycles. The van der Waals surface area contributed by atoms with Crippen molar-refractivity contribution in [2.45, 2.75) is 18.4 Å². The molecule has 1 atom stereocenters. The van der Waals surface area contributed by atoms with E-state index in [0.717, 1.165) is 19.4 Å². The molecule has 1 rings (SSSR count). The van der Waals surface area contributed by atoms with Crippen molar-refractivity contribution in [3.63, 3.8) is 0 Å². The van der Waals surface area contributed by atoms with Crippen molar-refractivity contribution in [2.24, 2.45) is 4.99 Å². The molecule has 0 N–H and O–H groups in total. The lowest BCUT2D eigenvalue weighted by molar-refractivity contribution is -0.143. The Morgan fingerprint density at radius 1 is 1.13 bits per heavy atom. The van der Waals surface area contributed by atoms with Crippen LogP contribution in [0.15, 0.2) is 35.8 Å². The fourth-order valence-corrected chi connectivity index (χ4v) is 1.56. The molecule has 0 fully saturated rings. The van der Waals surface area contributed by atoms with E-state index in [1.807, 2.05) is 0 Å². The summed E-state index contributed by atoms with van der Waals surface area (Å²) < 4.78 is 80.5. The van der Waals surface area contributed by atoms with Crippen molar-refractivity contribution in [3.8, 4) is 0 Å². The van der Waals surface area contributed by atoms with Gasteiger partial charge in [0.05, 0.1) is 18.2 Å². The molecule has 0 aliphatic rings. The Morgan fingerprint density at radius 2 is 1.61 bits per heavy atom. The summed E-state index contributed by atoms with van der Waals surface area (Å²) in [5.74, 6) is -0.848. The van der Waals surface area contributed by atoms with Gasteiger partial charge < -0.3 is 4.74 Å². The Hall–Kier alpha value is -2.32. The van der Waals surface area contributed by atoms with E-state index >= 15 is 0 Å². The van der Waals surface area contributed by atoms with Gasteiger partial charge in [-0.3, -0.25) is 4.99 Å². The first-order valence-corrected chi connectivity index (χ1v) is 6.02. The Labute approximate surface area is 127 Å². The highest BCUT2D eigenvalue weighted by Crippen LogP contribution is 2.36. The number of aliphatic imine (C=N–C) groups is 1. The predicted molar refractivity (Wildman–Crippen MR) is 70.0 cm³/mol. The van der Waals surface area contributed by atoms with Gasteiger partial charge in [0, 0.05) is 6.21 Å². The summed E-state index contributed by atoms with van der Waals surface area (Å²) in [6.45, 7) is 3.28. The highest BCUT2D eigenvalue weighted by Gasteiger charge is 2.36. The lowest BCUT2D eigenvalue weighted by atomic mass is 10.1. The summed E-state index contributed by atoms with van der Waals surface area (Å²) >= 11 is 0. The third-order valence-electron chi connectivity index (χ3n) is 2.66. The highest BCUT2D eigenvalue weighted by atomic mass is 19.4. The van der Waals surface area contributed by atoms with E-state index in [1.165, 1.54) is 0 Å². The highest BCUT2D eigenvalue weighted by molar-refractivity contribution is 5.85. The molecule has 0 aliphatic carbocycles. The maximum absolute atomic E-state index is 12.7. The molecule has 1 unspecified atom stereocenters. The number of alkyl halides is 6. The molecule has 0 saturated carbocycles. The minimum absolute atomic E-state index is 0.00261. The number of nitrogens with zero attached hydrogens (tertiary/aromatic N) is 1. The van der Waals surface area contributed by atoms with Gasteiger partial charge in [-0.05, 0) is 23.8 Å². The summed E-state index contributed by atoms with van der Waals surface area (Å²) in [5.41, 5.74) is -3.40. The SMILES string of the molecule is C=CC(/N=C/c1cc(C(F)(F)F)cc(C(F)(F)F)c1)C(=O)OC. The topological polar surface area (TPSA) is 38.7 Å². The fourth-order valence-electron chi connectivity index (χ4n) is 1.56. The van der Waals surface area contributed by atoms with Gasteiger partial charge in [0.25, 0.3) is 0 Å². The number of carbonyl (C=O) groups excluding carboxylic acids is 1. The second kappa shape index (κ2) is 6.84. The van der Waals surface area contributed by atoms with E-state index in [4.69, 9.17) is 0 Å². The Morgan fingerprint density at radius 3 is 1.96 bits per heavy atom. The maximum Gasteiger partial charge on any atom is 0.416 e. The zero-order valence-electron chi connectivity index (χ0n) is 11.7. The Balaban J connectivity index is 3.30. The van der Waals surface area contributed by atoms with Crippen LogP contribution in [0.25, 0.3) is 0 Å². The van der Waals surface area contributed by atoms with Crippen LogP contribution in [0.3, 0.4) is 0 Å². The molecule has 3 nitrogen and oxygen atoms in total. The van der Waals surface area contributed by atoms with E-state index in [2.05, 4.69) is 16.3 Å². The van der Waals surface area contributed by atoms with Crippen molar-refractivity contribution in [1.82, 2.24) is 0 Å². The predicted octanol–water partition coefficient (Wildman–Crippen LogP) is 3.87. The zero-order chi connectivity index (χ0) is 17.8. The quantitative estimate of drug-likeness (QED) is 0.361. The Bertz CT molecular complexity index is 586. The second-order valence-electron chi connectivity index (χ2n) is 4.32. The van der Waals surface area contributed by atoms with E-state index in [9.17, 15) is 31.1 Å². The van der Waals surface area contributed by atoms with E-state index in [0.29, 0.717) is 12.1 Å². The molecule has 0 amide bonds. The molecule has 0 bridgehead atoms. The van der Waals surface area contributed by atoms with Gasteiger partial charge in [-0.25, -0.2) is 4.79 Å². The van der Waals surface area contributed by atoms with Gasteiger partial charge >= 0.3 is 18.3 Å². The van der Waals surface area contributed by atoms with Crippen molar-refractivity contribution in [2.75, 3.05) is 7.11 Å². The molecule has 0 radical (unpaired) electrons. The molecule has 0 heterocycles. The number of benzene rings is 1. The van der Waals surface area contributed by atoms with Gasteiger partial charge in [-0.15, -0.1) is 6.58 Å². The van der Waals surface area contributed by atoms with Crippen LogP contribution < -0.4 is 0 Å². The first-order chi connectivity index (χ1) is 10.5. The number of hydrogen-bond donors (Lipinski definition) is 0. The number of rotatable bonds is 4. The van der Waals surface area contributed by atoms with Crippen LogP contribution in [0.4, 0.5) is 26.3 Å². The minimum atomic E-state index is -4.95.